The molecule has 170 valence electrons. The van der Waals surface area contributed by atoms with Crippen LogP contribution in [0.3, 0.4) is 0 Å². The van der Waals surface area contributed by atoms with Gasteiger partial charge in [0, 0.05) is 37.7 Å². The average Bonchev–Trinajstić information content (AvgIpc) is 2.82. The molecule has 2 amide bonds. The molecule has 0 bridgehead atoms. The molecule has 0 aromatic heterocycles. The number of halogens is 1. The molecule has 2 fully saturated rings. The van der Waals surface area contributed by atoms with Crippen molar-refractivity contribution in [1.82, 2.24) is 4.90 Å². The molecule has 0 spiro atoms. The number of nitrogens with zero attached hydrogens (tertiary/aromatic N) is 1. The van der Waals surface area contributed by atoms with Crippen LogP contribution in [0.15, 0.2) is 48.5 Å². The minimum absolute atomic E-state index is 0.0823. The van der Waals surface area contributed by atoms with E-state index < -0.39 is 5.41 Å². The van der Waals surface area contributed by atoms with Gasteiger partial charge in [0.05, 0.1) is 25.2 Å². The molecule has 0 unspecified atom stereocenters. The topological polar surface area (TPSA) is 79.9 Å². The van der Waals surface area contributed by atoms with Gasteiger partial charge in [0.1, 0.15) is 5.82 Å². The predicted octanol–water partition coefficient (Wildman–Crippen LogP) is 2.78. The van der Waals surface area contributed by atoms with E-state index >= 15 is 0 Å². The Morgan fingerprint density at radius 3 is 2.03 bits per heavy atom. The fourth-order valence-electron chi connectivity index (χ4n) is 4.19. The number of benzene rings is 2. The normalized spacial score (nSPS) is 18.7. The molecule has 2 aliphatic heterocycles. The minimum atomic E-state index is -0.767. The summed E-state index contributed by atoms with van der Waals surface area (Å²) in [7, 11) is 0. The zero-order valence-electron chi connectivity index (χ0n) is 17.9. The molecule has 2 saturated heterocycles. The van der Waals surface area contributed by atoms with Crippen molar-refractivity contribution in [3.05, 3.63) is 59.9 Å². The highest BCUT2D eigenvalue weighted by molar-refractivity contribution is 5.99. The SMILES string of the molecule is O=C(CN1CCOCC1)Nc1ccc(NC(=O)C2(c3ccc(F)cc3)CCOCC2)cc1. The van der Waals surface area contributed by atoms with Crippen molar-refractivity contribution < 1.29 is 23.5 Å². The van der Waals surface area contributed by atoms with Gasteiger partial charge in [-0.2, -0.15) is 0 Å². The molecule has 0 aliphatic carbocycles. The first-order valence-corrected chi connectivity index (χ1v) is 10.9. The highest BCUT2D eigenvalue weighted by atomic mass is 19.1. The van der Waals surface area contributed by atoms with Crippen LogP contribution in [-0.2, 0) is 24.5 Å². The summed E-state index contributed by atoms with van der Waals surface area (Å²) in [6.07, 6.45) is 1.06. The molecule has 8 heteroatoms. The first kappa shape index (κ1) is 22.4. The number of hydrogen-bond donors (Lipinski definition) is 2. The third kappa shape index (κ3) is 5.32. The average molecular weight is 442 g/mol. The van der Waals surface area contributed by atoms with Crippen molar-refractivity contribution in [3.8, 4) is 0 Å². The van der Waals surface area contributed by atoms with Crippen LogP contribution < -0.4 is 10.6 Å². The van der Waals surface area contributed by atoms with Gasteiger partial charge >= 0.3 is 0 Å². The van der Waals surface area contributed by atoms with Crippen LogP contribution in [0.5, 0.6) is 0 Å². The molecule has 0 radical (unpaired) electrons. The van der Waals surface area contributed by atoms with Crippen LogP contribution in [0.2, 0.25) is 0 Å². The van der Waals surface area contributed by atoms with Crippen molar-refractivity contribution in [3.63, 3.8) is 0 Å². The van der Waals surface area contributed by atoms with Crippen molar-refractivity contribution in [2.75, 3.05) is 56.7 Å². The van der Waals surface area contributed by atoms with Gasteiger partial charge in [-0.25, -0.2) is 4.39 Å². The lowest BCUT2D eigenvalue weighted by atomic mass is 9.73. The Kier molecular flexibility index (Phi) is 7.14. The second kappa shape index (κ2) is 10.2. The maximum atomic E-state index is 13.4. The van der Waals surface area contributed by atoms with Crippen LogP contribution in [0.4, 0.5) is 15.8 Å². The smallest absolute Gasteiger partial charge is 0.238 e. The Labute approximate surface area is 186 Å². The van der Waals surface area contributed by atoms with Gasteiger partial charge in [0.2, 0.25) is 11.8 Å². The fourth-order valence-corrected chi connectivity index (χ4v) is 4.19. The lowest BCUT2D eigenvalue weighted by Gasteiger charge is -2.36. The molecule has 7 nitrogen and oxygen atoms in total. The molecular weight excluding hydrogens is 413 g/mol. The van der Waals surface area contributed by atoms with E-state index in [-0.39, 0.29) is 17.6 Å². The Hall–Kier alpha value is -2.81. The van der Waals surface area contributed by atoms with Crippen LogP contribution in [0, 0.1) is 5.82 Å². The number of amides is 2. The maximum absolute atomic E-state index is 13.4. The molecule has 4 rings (SSSR count). The monoisotopic (exact) mass is 441 g/mol. The van der Waals surface area contributed by atoms with Crippen molar-refractivity contribution >= 4 is 23.2 Å². The summed E-state index contributed by atoms with van der Waals surface area (Å²) in [5.74, 6) is -0.555. The second-order valence-corrected chi connectivity index (χ2v) is 8.17. The number of morpholine rings is 1. The number of hydrogen-bond acceptors (Lipinski definition) is 5. The van der Waals surface area contributed by atoms with Crippen LogP contribution in [-0.4, -0.2) is 62.8 Å². The maximum Gasteiger partial charge on any atom is 0.238 e. The molecule has 2 aromatic rings. The third-order valence-corrected chi connectivity index (χ3v) is 6.08. The lowest BCUT2D eigenvalue weighted by Crippen LogP contribution is -2.44. The summed E-state index contributed by atoms with van der Waals surface area (Å²) < 4.78 is 24.2. The summed E-state index contributed by atoms with van der Waals surface area (Å²) in [5, 5.41) is 5.87. The Balaban J connectivity index is 1.39. The quantitative estimate of drug-likeness (QED) is 0.721. The standard InChI is InChI=1S/C24H28FN3O4/c25-19-3-1-18(2-4-19)24(9-13-31-14-10-24)23(30)27-21-7-5-20(6-8-21)26-22(29)17-28-11-15-32-16-12-28/h1-8H,9-17H2,(H,26,29)(H,27,30). The highest BCUT2D eigenvalue weighted by Crippen LogP contribution is 2.36. The first-order chi connectivity index (χ1) is 15.5. The Morgan fingerprint density at radius 1 is 0.844 bits per heavy atom. The minimum Gasteiger partial charge on any atom is -0.381 e. The largest absolute Gasteiger partial charge is 0.381 e. The summed E-state index contributed by atoms with van der Waals surface area (Å²) in [6, 6.07) is 13.2. The Bertz CT molecular complexity index is 921. The van der Waals surface area contributed by atoms with E-state index in [1.165, 1.54) is 12.1 Å². The van der Waals surface area contributed by atoms with E-state index in [4.69, 9.17) is 9.47 Å². The van der Waals surface area contributed by atoms with Gasteiger partial charge in [0.15, 0.2) is 0 Å². The summed E-state index contributed by atoms with van der Waals surface area (Å²) in [4.78, 5) is 27.6. The number of anilines is 2. The van der Waals surface area contributed by atoms with Gasteiger partial charge in [-0.05, 0) is 54.8 Å². The number of carbonyl (C=O) groups excluding carboxylic acids is 2. The number of ether oxygens (including phenoxy) is 2. The van der Waals surface area contributed by atoms with Crippen LogP contribution in [0.25, 0.3) is 0 Å². The van der Waals surface area contributed by atoms with E-state index in [1.54, 1.807) is 36.4 Å². The predicted molar refractivity (Wildman–Crippen MR) is 119 cm³/mol. The van der Waals surface area contributed by atoms with Gasteiger partial charge < -0.3 is 20.1 Å². The number of nitrogens with one attached hydrogen (secondary N) is 2. The zero-order valence-corrected chi connectivity index (χ0v) is 17.9. The van der Waals surface area contributed by atoms with Crippen molar-refractivity contribution in [2.45, 2.75) is 18.3 Å². The second-order valence-electron chi connectivity index (χ2n) is 8.17. The molecule has 0 saturated carbocycles. The zero-order chi connectivity index (χ0) is 22.4. The van der Waals surface area contributed by atoms with E-state index in [0.29, 0.717) is 57.2 Å². The molecule has 2 N–H and O–H groups in total. The number of rotatable bonds is 6. The number of carbonyl (C=O) groups is 2. The summed E-state index contributed by atoms with van der Waals surface area (Å²) in [6.45, 7) is 4.06. The van der Waals surface area contributed by atoms with Gasteiger partial charge in [0.25, 0.3) is 0 Å². The van der Waals surface area contributed by atoms with Crippen molar-refractivity contribution in [2.24, 2.45) is 0 Å². The van der Waals surface area contributed by atoms with E-state index in [9.17, 15) is 14.0 Å². The van der Waals surface area contributed by atoms with E-state index in [1.807, 2.05) is 0 Å². The third-order valence-electron chi connectivity index (χ3n) is 6.08. The summed E-state index contributed by atoms with van der Waals surface area (Å²) >= 11 is 0. The highest BCUT2D eigenvalue weighted by Gasteiger charge is 2.41. The lowest BCUT2D eigenvalue weighted by molar-refractivity contribution is -0.125. The van der Waals surface area contributed by atoms with Gasteiger partial charge in [-0.15, -0.1) is 0 Å². The molecule has 32 heavy (non-hydrogen) atoms. The molecule has 2 aliphatic rings. The Morgan fingerprint density at radius 2 is 1.41 bits per heavy atom. The van der Waals surface area contributed by atoms with Gasteiger partial charge in [-0.3, -0.25) is 14.5 Å². The van der Waals surface area contributed by atoms with E-state index in [0.717, 1.165) is 18.7 Å². The molecule has 2 heterocycles. The molecule has 0 atom stereocenters. The first-order valence-electron chi connectivity index (χ1n) is 10.9. The van der Waals surface area contributed by atoms with Crippen molar-refractivity contribution in [1.29, 1.82) is 0 Å². The summed E-state index contributed by atoms with van der Waals surface area (Å²) in [5.41, 5.74) is 1.32. The molecular formula is C24H28FN3O4. The fraction of sp³-hybridized carbons (Fsp3) is 0.417. The molecule has 2 aromatic carbocycles. The van der Waals surface area contributed by atoms with E-state index in [2.05, 4.69) is 15.5 Å². The van der Waals surface area contributed by atoms with Crippen LogP contribution in [0.1, 0.15) is 18.4 Å². The van der Waals surface area contributed by atoms with Gasteiger partial charge in [-0.1, -0.05) is 12.1 Å². The van der Waals surface area contributed by atoms with Crippen LogP contribution >= 0.6 is 0 Å².